The van der Waals surface area contributed by atoms with Gasteiger partial charge in [0.25, 0.3) is 0 Å². The number of carbonyl (C=O) groups is 2. The van der Waals surface area contributed by atoms with Gasteiger partial charge in [-0.15, -0.1) is 0 Å². The van der Waals surface area contributed by atoms with Crippen LogP contribution in [0.2, 0.25) is 0 Å². The Balaban J connectivity index is 1.88. The summed E-state index contributed by atoms with van der Waals surface area (Å²) in [5.41, 5.74) is -1.44. The second-order valence-corrected chi connectivity index (χ2v) is 6.78. The second-order valence-electron chi connectivity index (χ2n) is 6.78. The number of urea groups is 1. The first-order chi connectivity index (χ1) is 9.85. The van der Waals surface area contributed by atoms with Gasteiger partial charge in [0.1, 0.15) is 5.54 Å². The molecule has 2 aliphatic rings. The molecule has 0 radical (unpaired) electrons. The van der Waals surface area contributed by atoms with Gasteiger partial charge in [-0.3, -0.25) is 0 Å². The minimum absolute atomic E-state index is 0.325. The highest BCUT2D eigenvalue weighted by Crippen LogP contribution is 2.32. The zero-order valence-corrected chi connectivity index (χ0v) is 12.9. The Labute approximate surface area is 125 Å². The van der Waals surface area contributed by atoms with Crippen LogP contribution in [0.1, 0.15) is 52.4 Å². The van der Waals surface area contributed by atoms with Gasteiger partial charge >= 0.3 is 12.0 Å². The fourth-order valence-electron chi connectivity index (χ4n) is 3.15. The average molecular weight is 298 g/mol. The lowest BCUT2D eigenvalue weighted by Gasteiger charge is -2.36. The van der Waals surface area contributed by atoms with Crippen LogP contribution in [0.4, 0.5) is 4.79 Å². The topological polar surface area (TPSA) is 87.7 Å². The minimum Gasteiger partial charge on any atom is -0.480 e. The van der Waals surface area contributed by atoms with Crippen molar-refractivity contribution in [1.82, 2.24) is 10.6 Å². The van der Waals surface area contributed by atoms with E-state index in [0.29, 0.717) is 25.3 Å². The van der Waals surface area contributed by atoms with Gasteiger partial charge in [-0.2, -0.15) is 0 Å². The van der Waals surface area contributed by atoms with E-state index < -0.39 is 17.5 Å². The van der Waals surface area contributed by atoms with Crippen molar-refractivity contribution in [3.63, 3.8) is 0 Å². The lowest BCUT2D eigenvalue weighted by atomic mass is 9.77. The molecule has 0 aromatic heterocycles. The largest absolute Gasteiger partial charge is 0.480 e. The normalized spacial score (nSPS) is 36.2. The van der Waals surface area contributed by atoms with Gasteiger partial charge < -0.3 is 20.5 Å². The summed E-state index contributed by atoms with van der Waals surface area (Å²) in [5.74, 6) is -0.416. The highest BCUT2D eigenvalue weighted by molar-refractivity contribution is 5.86. The molecule has 0 aromatic carbocycles. The Bertz CT molecular complexity index is 396. The molecule has 21 heavy (non-hydrogen) atoms. The van der Waals surface area contributed by atoms with E-state index in [2.05, 4.69) is 17.6 Å². The van der Waals surface area contributed by atoms with E-state index in [1.54, 1.807) is 0 Å². The maximum atomic E-state index is 12.1. The highest BCUT2D eigenvalue weighted by atomic mass is 16.5. The van der Waals surface area contributed by atoms with Crippen LogP contribution in [0.15, 0.2) is 0 Å². The lowest BCUT2D eigenvalue weighted by molar-refractivity contribution is -0.146. The zero-order chi connectivity index (χ0) is 15.5. The summed E-state index contributed by atoms with van der Waals surface area (Å²) in [7, 11) is 0. The third kappa shape index (κ3) is 3.87. The Morgan fingerprint density at radius 1 is 1.29 bits per heavy atom. The van der Waals surface area contributed by atoms with Crippen LogP contribution in [0.5, 0.6) is 0 Å². The Hall–Kier alpha value is -1.30. The molecule has 6 heteroatoms. The number of rotatable bonds is 4. The predicted octanol–water partition coefficient (Wildman–Crippen LogP) is 1.89. The van der Waals surface area contributed by atoms with Crippen molar-refractivity contribution in [1.29, 1.82) is 0 Å². The Morgan fingerprint density at radius 2 is 1.95 bits per heavy atom. The molecule has 0 aromatic rings. The zero-order valence-electron chi connectivity index (χ0n) is 12.9. The SMILES string of the molecule is CC1CCC(NC(=O)NCC2(C)CCCO2)(C(=O)O)CC1. The minimum atomic E-state index is -1.12. The van der Waals surface area contributed by atoms with Crippen LogP contribution in [0, 0.1) is 5.92 Å². The van der Waals surface area contributed by atoms with Crippen LogP contribution < -0.4 is 10.6 Å². The van der Waals surface area contributed by atoms with E-state index >= 15 is 0 Å². The number of carbonyl (C=O) groups excluding carboxylic acids is 1. The number of hydrogen-bond donors (Lipinski definition) is 3. The van der Waals surface area contributed by atoms with Crippen molar-refractivity contribution in [2.45, 2.75) is 63.5 Å². The fraction of sp³-hybridized carbons (Fsp3) is 0.867. The van der Waals surface area contributed by atoms with Gasteiger partial charge in [-0.25, -0.2) is 9.59 Å². The molecular formula is C15H26N2O4. The maximum Gasteiger partial charge on any atom is 0.329 e. The molecule has 2 amide bonds. The van der Waals surface area contributed by atoms with E-state index in [1.807, 2.05) is 6.92 Å². The van der Waals surface area contributed by atoms with Gasteiger partial charge in [0.15, 0.2) is 0 Å². The van der Waals surface area contributed by atoms with Crippen molar-refractivity contribution in [3.05, 3.63) is 0 Å². The molecule has 2 fully saturated rings. The number of carboxylic acids is 1. The van der Waals surface area contributed by atoms with E-state index in [4.69, 9.17) is 4.74 Å². The standard InChI is InChI=1S/C15H26N2O4/c1-11-4-7-15(8-5-11,12(18)19)17-13(20)16-10-14(2)6-3-9-21-14/h11H,3-10H2,1-2H3,(H,18,19)(H2,16,17,20). The van der Waals surface area contributed by atoms with Gasteiger partial charge in [-0.05, 0) is 51.4 Å². The van der Waals surface area contributed by atoms with Crippen molar-refractivity contribution >= 4 is 12.0 Å². The van der Waals surface area contributed by atoms with Gasteiger partial charge in [0.05, 0.1) is 5.60 Å². The molecule has 120 valence electrons. The first-order valence-corrected chi connectivity index (χ1v) is 7.79. The van der Waals surface area contributed by atoms with E-state index in [-0.39, 0.29) is 5.60 Å². The molecule has 1 aliphatic heterocycles. The lowest BCUT2D eigenvalue weighted by Crippen LogP contribution is -2.59. The number of hydrogen-bond acceptors (Lipinski definition) is 3. The molecule has 1 aliphatic carbocycles. The summed E-state index contributed by atoms with van der Waals surface area (Å²) < 4.78 is 5.61. The van der Waals surface area contributed by atoms with Crippen LogP contribution in [0.3, 0.4) is 0 Å². The molecular weight excluding hydrogens is 272 g/mol. The molecule has 3 N–H and O–H groups in total. The van der Waals surface area contributed by atoms with E-state index in [1.165, 1.54) is 0 Å². The molecule has 1 unspecified atom stereocenters. The number of carboxylic acid groups (broad SMARTS) is 1. The van der Waals surface area contributed by atoms with Gasteiger partial charge in [0.2, 0.25) is 0 Å². The summed E-state index contributed by atoms with van der Waals surface area (Å²) in [4.78, 5) is 23.6. The summed E-state index contributed by atoms with van der Waals surface area (Å²) in [6.07, 6.45) is 4.54. The van der Waals surface area contributed by atoms with Crippen molar-refractivity contribution in [2.24, 2.45) is 5.92 Å². The molecule has 1 heterocycles. The highest BCUT2D eigenvalue weighted by Gasteiger charge is 2.42. The number of amides is 2. The molecule has 1 atom stereocenters. The number of aliphatic carboxylic acids is 1. The monoisotopic (exact) mass is 298 g/mol. The second kappa shape index (κ2) is 6.22. The summed E-state index contributed by atoms with van der Waals surface area (Å²) in [6.45, 7) is 5.21. The van der Waals surface area contributed by atoms with Crippen molar-refractivity contribution < 1.29 is 19.4 Å². The smallest absolute Gasteiger partial charge is 0.329 e. The fourth-order valence-corrected chi connectivity index (χ4v) is 3.15. The summed E-state index contributed by atoms with van der Waals surface area (Å²) in [5, 5.41) is 14.9. The first-order valence-electron chi connectivity index (χ1n) is 7.79. The van der Waals surface area contributed by atoms with Crippen molar-refractivity contribution in [2.75, 3.05) is 13.2 Å². The van der Waals surface area contributed by atoms with Crippen LogP contribution in [-0.4, -0.2) is 41.4 Å². The molecule has 1 saturated heterocycles. The third-order valence-electron chi connectivity index (χ3n) is 4.81. The van der Waals surface area contributed by atoms with Crippen LogP contribution in [-0.2, 0) is 9.53 Å². The van der Waals surface area contributed by atoms with Gasteiger partial charge in [-0.1, -0.05) is 6.92 Å². The van der Waals surface area contributed by atoms with E-state index in [9.17, 15) is 14.7 Å². The van der Waals surface area contributed by atoms with Crippen LogP contribution in [0.25, 0.3) is 0 Å². The molecule has 2 rings (SSSR count). The van der Waals surface area contributed by atoms with E-state index in [0.717, 1.165) is 32.3 Å². The third-order valence-corrected chi connectivity index (χ3v) is 4.81. The summed E-state index contributed by atoms with van der Waals surface area (Å²) >= 11 is 0. The summed E-state index contributed by atoms with van der Waals surface area (Å²) in [6, 6.07) is -0.413. The molecule has 0 bridgehead atoms. The maximum absolute atomic E-state index is 12.1. The molecule has 0 spiro atoms. The Kier molecular flexibility index (Phi) is 4.76. The average Bonchev–Trinajstić information content (AvgIpc) is 2.87. The molecule has 6 nitrogen and oxygen atoms in total. The number of nitrogens with one attached hydrogen (secondary N) is 2. The van der Waals surface area contributed by atoms with Crippen molar-refractivity contribution in [3.8, 4) is 0 Å². The number of ether oxygens (including phenoxy) is 1. The quantitative estimate of drug-likeness (QED) is 0.739. The Morgan fingerprint density at radius 3 is 2.48 bits per heavy atom. The molecule has 1 saturated carbocycles. The first kappa shape index (κ1) is 16.1. The van der Waals surface area contributed by atoms with Crippen LogP contribution >= 0.6 is 0 Å². The predicted molar refractivity (Wildman–Crippen MR) is 78.1 cm³/mol. The van der Waals surface area contributed by atoms with Gasteiger partial charge in [0, 0.05) is 13.2 Å².